The molecule has 0 aliphatic heterocycles. The molecule has 1 aliphatic rings. The van der Waals surface area contributed by atoms with Gasteiger partial charge in [-0.2, -0.15) is 8.78 Å². The van der Waals surface area contributed by atoms with Crippen molar-refractivity contribution < 1.29 is 17.9 Å². The molecule has 0 radical (unpaired) electrons. The van der Waals surface area contributed by atoms with Gasteiger partial charge in [-0.3, -0.25) is 0 Å². The monoisotopic (exact) mass is 398 g/mol. The highest BCUT2D eigenvalue weighted by Crippen LogP contribution is 2.38. The fraction of sp³-hybridized carbons (Fsp3) is 0.500. The van der Waals surface area contributed by atoms with Gasteiger partial charge in [0.1, 0.15) is 0 Å². The Morgan fingerprint density at radius 2 is 1.81 bits per heavy atom. The second-order valence-electron chi connectivity index (χ2n) is 6.96. The van der Waals surface area contributed by atoms with Gasteiger partial charge in [-0.15, -0.1) is 0 Å². The van der Waals surface area contributed by atoms with Gasteiger partial charge in [0.2, 0.25) is 0 Å². The van der Waals surface area contributed by atoms with Gasteiger partial charge in [0.25, 0.3) is 0 Å². The second kappa shape index (κ2) is 8.91. The minimum Gasteiger partial charge on any atom is -0.431 e. The number of alkyl halides is 2. The van der Waals surface area contributed by atoms with Crippen molar-refractivity contribution in [1.29, 1.82) is 0 Å². The van der Waals surface area contributed by atoms with E-state index in [1.807, 2.05) is 0 Å². The summed E-state index contributed by atoms with van der Waals surface area (Å²) in [4.78, 5) is 8.54. The van der Waals surface area contributed by atoms with Gasteiger partial charge < -0.3 is 4.74 Å². The average molecular weight is 399 g/mol. The van der Waals surface area contributed by atoms with Crippen molar-refractivity contribution in [1.82, 2.24) is 9.97 Å². The van der Waals surface area contributed by atoms with E-state index in [0.29, 0.717) is 5.92 Å². The molecule has 1 aromatic carbocycles. The molecule has 27 heavy (non-hydrogen) atoms. The number of hydrogen-bond donors (Lipinski definition) is 0. The lowest BCUT2D eigenvalue weighted by molar-refractivity contribution is -0.0517. The second-order valence-corrected chi connectivity index (χ2v) is 7.37. The molecular weight excluding hydrogens is 377 g/mol. The molecule has 0 bridgehead atoms. The molecule has 1 saturated carbocycles. The van der Waals surface area contributed by atoms with Gasteiger partial charge in [0, 0.05) is 12.4 Å². The third-order valence-electron chi connectivity index (χ3n) is 5.18. The van der Waals surface area contributed by atoms with Crippen molar-refractivity contribution in [3.63, 3.8) is 0 Å². The molecular formula is C20H22ClF3N2O. The maximum absolute atomic E-state index is 14.1. The molecule has 1 aliphatic carbocycles. The Morgan fingerprint density at radius 3 is 2.41 bits per heavy atom. The average Bonchev–Trinajstić information content (AvgIpc) is 2.67. The van der Waals surface area contributed by atoms with Crippen LogP contribution in [0.15, 0.2) is 24.5 Å². The molecule has 0 N–H and O–H groups in total. The van der Waals surface area contributed by atoms with E-state index >= 15 is 0 Å². The molecule has 0 spiro atoms. The summed E-state index contributed by atoms with van der Waals surface area (Å²) in [5.74, 6) is -0.338. The van der Waals surface area contributed by atoms with Crippen LogP contribution in [0.1, 0.15) is 56.9 Å². The Morgan fingerprint density at radius 1 is 1.15 bits per heavy atom. The van der Waals surface area contributed by atoms with Gasteiger partial charge in [-0.25, -0.2) is 14.4 Å². The molecule has 1 heterocycles. The van der Waals surface area contributed by atoms with Crippen LogP contribution in [0.3, 0.4) is 0 Å². The standard InChI is InChI=1S/C20H22ClF3N2O/c1-2-3-12-4-6-13(7-5-12)14-10-25-19(26-11-14)15-8-9-16(21)17(22)18(15)27-20(23)24/h8-13,20H,2-7H2,1H3. The Labute approximate surface area is 161 Å². The minimum atomic E-state index is -3.17. The fourth-order valence-corrected chi connectivity index (χ4v) is 3.94. The number of benzene rings is 1. The summed E-state index contributed by atoms with van der Waals surface area (Å²) < 4.78 is 43.7. The van der Waals surface area contributed by atoms with Crippen LogP contribution in [0.5, 0.6) is 5.75 Å². The first-order valence-electron chi connectivity index (χ1n) is 9.24. The van der Waals surface area contributed by atoms with E-state index in [1.165, 1.54) is 37.8 Å². The lowest BCUT2D eigenvalue weighted by Gasteiger charge is -2.28. The van der Waals surface area contributed by atoms with Gasteiger partial charge in [0.15, 0.2) is 17.4 Å². The highest BCUT2D eigenvalue weighted by Gasteiger charge is 2.24. The molecule has 146 valence electrons. The van der Waals surface area contributed by atoms with Gasteiger partial charge in [-0.05, 0) is 55.2 Å². The zero-order valence-electron chi connectivity index (χ0n) is 15.1. The predicted molar refractivity (Wildman–Crippen MR) is 98.7 cm³/mol. The summed E-state index contributed by atoms with van der Waals surface area (Å²) in [6.07, 6.45) is 10.5. The zero-order valence-corrected chi connectivity index (χ0v) is 15.9. The molecule has 3 nitrogen and oxygen atoms in total. The maximum atomic E-state index is 14.1. The Balaban J connectivity index is 1.79. The summed E-state index contributed by atoms with van der Waals surface area (Å²) >= 11 is 5.68. The number of ether oxygens (including phenoxy) is 1. The van der Waals surface area contributed by atoms with Crippen molar-refractivity contribution in [3.05, 3.63) is 40.9 Å². The van der Waals surface area contributed by atoms with E-state index < -0.39 is 18.2 Å². The van der Waals surface area contributed by atoms with Gasteiger partial charge in [0.05, 0.1) is 10.6 Å². The topological polar surface area (TPSA) is 35.0 Å². The zero-order chi connectivity index (χ0) is 19.4. The first kappa shape index (κ1) is 19.9. The largest absolute Gasteiger partial charge is 0.431 e. The Hall–Kier alpha value is -1.82. The van der Waals surface area contributed by atoms with Crippen molar-refractivity contribution in [2.24, 2.45) is 5.92 Å². The number of hydrogen-bond acceptors (Lipinski definition) is 3. The molecule has 0 unspecified atom stereocenters. The fourth-order valence-electron chi connectivity index (χ4n) is 3.79. The first-order chi connectivity index (χ1) is 13.0. The Bertz CT molecular complexity index is 763. The van der Waals surface area contributed by atoms with Crippen molar-refractivity contribution in [3.8, 4) is 17.1 Å². The summed E-state index contributed by atoms with van der Waals surface area (Å²) in [5, 5.41) is -0.296. The third-order valence-corrected chi connectivity index (χ3v) is 5.48. The van der Waals surface area contributed by atoms with Crippen molar-refractivity contribution in [2.45, 2.75) is 58.0 Å². The summed E-state index contributed by atoms with van der Waals surface area (Å²) in [6.45, 7) is -0.959. The van der Waals surface area contributed by atoms with E-state index in [9.17, 15) is 13.2 Å². The highest BCUT2D eigenvalue weighted by molar-refractivity contribution is 6.31. The van der Waals surface area contributed by atoms with Crippen LogP contribution in [-0.2, 0) is 0 Å². The smallest absolute Gasteiger partial charge is 0.387 e. The summed E-state index contributed by atoms with van der Waals surface area (Å²) in [7, 11) is 0. The van der Waals surface area contributed by atoms with Gasteiger partial charge >= 0.3 is 6.61 Å². The van der Waals surface area contributed by atoms with E-state index in [4.69, 9.17) is 11.6 Å². The SMILES string of the molecule is CCCC1CCC(c2cnc(-c3ccc(Cl)c(F)c3OC(F)F)nc2)CC1. The van der Waals surface area contributed by atoms with Gasteiger partial charge in [-0.1, -0.05) is 31.4 Å². The van der Waals surface area contributed by atoms with E-state index in [2.05, 4.69) is 21.6 Å². The normalized spacial score (nSPS) is 20.1. The summed E-state index contributed by atoms with van der Waals surface area (Å²) in [6, 6.07) is 2.66. The first-order valence-corrected chi connectivity index (χ1v) is 9.62. The summed E-state index contributed by atoms with van der Waals surface area (Å²) in [5.41, 5.74) is 1.08. The van der Waals surface area contributed by atoms with Crippen LogP contribution < -0.4 is 4.74 Å². The number of rotatable bonds is 6. The molecule has 0 saturated heterocycles. The van der Waals surface area contributed by atoms with Crippen LogP contribution in [0.25, 0.3) is 11.4 Å². The number of aromatic nitrogens is 2. The van der Waals surface area contributed by atoms with E-state index in [-0.39, 0.29) is 16.4 Å². The van der Waals surface area contributed by atoms with Crippen LogP contribution in [0, 0.1) is 11.7 Å². The molecule has 3 rings (SSSR count). The van der Waals surface area contributed by atoms with Crippen LogP contribution in [0.2, 0.25) is 5.02 Å². The predicted octanol–water partition coefficient (Wildman–Crippen LogP) is 6.61. The quantitative estimate of drug-likeness (QED) is 0.549. The Kier molecular flexibility index (Phi) is 6.58. The van der Waals surface area contributed by atoms with E-state index in [0.717, 1.165) is 24.3 Å². The molecule has 1 fully saturated rings. The lowest BCUT2D eigenvalue weighted by Crippen LogP contribution is -2.13. The molecule has 7 heteroatoms. The highest BCUT2D eigenvalue weighted by atomic mass is 35.5. The van der Waals surface area contributed by atoms with Crippen molar-refractivity contribution in [2.75, 3.05) is 0 Å². The molecule has 1 aromatic heterocycles. The van der Waals surface area contributed by atoms with Crippen LogP contribution >= 0.6 is 11.6 Å². The number of halogens is 4. The van der Waals surface area contributed by atoms with Crippen LogP contribution in [0.4, 0.5) is 13.2 Å². The van der Waals surface area contributed by atoms with Crippen LogP contribution in [-0.4, -0.2) is 16.6 Å². The molecule has 0 atom stereocenters. The number of nitrogens with zero attached hydrogens (tertiary/aromatic N) is 2. The maximum Gasteiger partial charge on any atom is 0.387 e. The van der Waals surface area contributed by atoms with Crippen molar-refractivity contribution >= 4 is 11.6 Å². The molecule has 0 amide bonds. The third kappa shape index (κ3) is 4.72. The molecule has 2 aromatic rings. The van der Waals surface area contributed by atoms with E-state index in [1.54, 1.807) is 12.4 Å². The minimum absolute atomic E-state index is 0.0513. The lowest BCUT2D eigenvalue weighted by atomic mass is 9.78.